The van der Waals surface area contributed by atoms with Crippen molar-refractivity contribution in [2.24, 2.45) is 5.92 Å². The van der Waals surface area contributed by atoms with Gasteiger partial charge in [0.25, 0.3) is 5.91 Å². The largest absolute Gasteiger partial charge is 0.394 e. The van der Waals surface area contributed by atoms with Crippen LogP contribution in [0.4, 0.5) is 4.79 Å². The minimum absolute atomic E-state index is 0.0586. The average molecular weight is 699 g/mol. The Balaban J connectivity index is 1.62. The first-order valence-electron chi connectivity index (χ1n) is 16.6. The van der Waals surface area contributed by atoms with Gasteiger partial charge in [-0.3, -0.25) is 38.9 Å². The zero-order valence-electron chi connectivity index (χ0n) is 28.8. The third-order valence-corrected chi connectivity index (χ3v) is 9.07. The Morgan fingerprint density at radius 2 is 1.62 bits per heavy atom. The Bertz CT molecular complexity index is 1520. The fourth-order valence-corrected chi connectivity index (χ4v) is 6.22. The van der Waals surface area contributed by atoms with Crippen LogP contribution in [0.25, 0.3) is 0 Å². The first kappa shape index (κ1) is 37.8. The SMILES string of the molecule is CC(C)C[C@@H]1NC(=O)C[C@H](c2ccccc2)NC(=O)[C@H](C)NC(=O)[C@@H]2C[C@H](NC(=O)CN3C(=O)NC(=O)C3(C)C)CN2C(=O)[C@@H](CO)NC1=O. The lowest BCUT2D eigenvalue weighted by atomic mass is 10.00. The smallest absolute Gasteiger partial charge is 0.325 e. The normalized spacial score (nSPS) is 28.0. The predicted molar refractivity (Wildman–Crippen MR) is 176 cm³/mol. The molecule has 3 aliphatic heterocycles. The van der Waals surface area contributed by atoms with E-state index in [1.165, 1.54) is 20.8 Å². The summed E-state index contributed by atoms with van der Waals surface area (Å²) < 4.78 is 0. The van der Waals surface area contributed by atoms with Gasteiger partial charge in [0.05, 0.1) is 19.1 Å². The van der Waals surface area contributed by atoms with E-state index in [1.807, 2.05) is 13.8 Å². The van der Waals surface area contributed by atoms with Crippen molar-refractivity contribution in [1.29, 1.82) is 0 Å². The molecule has 50 heavy (non-hydrogen) atoms. The van der Waals surface area contributed by atoms with Crippen molar-refractivity contribution in [2.75, 3.05) is 19.7 Å². The second kappa shape index (κ2) is 15.7. The summed E-state index contributed by atoms with van der Waals surface area (Å²) in [6.45, 7) is 6.57. The lowest BCUT2D eigenvalue weighted by Crippen LogP contribution is -2.59. The number of benzene rings is 1. The topological polar surface area (TPSA) is 235 Å². The Labute approximate surface area is 289 Å². The molecule has 17 nitrogen and oxygen atoms in total. The first-order valence-corrected chi connectivity index (χ1v) is 16.6. The molecule has 0 unspecified atom stereocenters. The number of urea groups is 1. The Morgan fingerprint density at radius 1 is 0.940 bits per heavy atom. The molecule has 3 aliphatic rings. The Kier molecular flexibility index (Phi) is 11.8. The van der Waals surface area contributed by atoms with Gasteiger partial charge in [-0.15, -0.1) is 0 Å². The van der Waals surface area contributed by atoms with Crippen molar-refractivity contribution < 1.29 is 43.5 Å². The van der Waals surface area contributed by atoms with Gasteiger partial charge in [-0.25, -0.2) is 4.79 Å². The first-order chi connectivity index (χ1) is 23.5. The molecule has 3 saturated heterocycles. The van der Waals surface area contributed by atoms with Crippen LogP contribution >= 0.6 is 0 Å². The predicted octanol–water partition coefficient (Wildman–Crippen LogP) is -1.82. The zero-order valence-corrected chi connectivity index (χ0v) is 28.8. The number of hydrogen-bond donors (Lipinski definition) is 7. The maximum Gasteiger partial charge on any atom is 0.325 e. The quantitative estimate of drug-likeness (QED) is 0.159. The molecule has 0 radical (unpaired) electrons. The molecule has 9 amide bonds. The van der Waals surface area contributed by atoms with E-state index in [9.17, 15) is 43.5 Å². The van der Waals surface area contributed by atoms with E-state index in [1.54, 1.807) is 30.3 Å². The van der Waals surface area contributed by atoms with Gasteiger partial charge in [-0.05, 0) is 45.1 Å². The van der Waals surface area contributed by atoms with Gasteiger partial charge in [0.15, 0.2) is 0 Å². The minimum Gasteiger partial charge on any atom is -0.394 e. The van der Waals surface area contributed by atoms with E-state index in [-0.39, 0.29) is 31.7 Å². The van der Waals surface area contributed by atoms with E-state index < -0.39 is 102 Å². The molecule has 3 heterocycles. The summed E-state index contributed by atoms with van der Waals surface area (Å²) in [4.78, 5) is 107. The van der Waals surface area contributed by atoms with E-state index in [0.29, 0.717) is 5.56 Å². The molecule has 17 heteroatoms. The summed E-state index contributed by atoms with van der Waals surface area (Å²) >= 11 is 0. The van der Waals surface area contributed by atoms with E-state index in [0.717, 1.165) is 9.80 Å². The molecular weight excluding hydrogens is 652 g/mol. The minimum atomic E-state index is -1.51. The zero-order chi connectivity index (χ0) is 36.9. The lowest BCUT2D eigenvalue weighted by molar-refractivity contribution is -0.143. The van der Waals surface area contributed by atoms with Crippen LogP contribution in [0.1, 0.15) is 65.5 Å². The monoisotopic (exact) mass is 698 g/mol. The molecule has 0 aromatic heterocycles. The van der Waals surface area contributed by atoms with Gasteiger partial charge < -0.3 is 41.5 Å². The van der Waals surface area contributed by atoms with Crippen molar-refractivity contribution in [2.45, 2.75) is 95.7 Å². The summed E-state index contributed by atoms with van der Waals surface area (Å²) in [6.07, 6.45) is -0.136. The Hall–Kier alpha value is -5.06. The molecule has 7 N–H and O–H groups in total. The van der Waals surface area contributed by atoms with Crippen molar-refractivity contribution in [3.8, 4) is 0 Å². The van der Waals surface area contributed by atoms with Gasteiger partial charge in [0, 0.05) is 12.6 Å². The van der Waals surface area contributed by atoms with Crippen LogP contribution in [0.2, 0.25) is 0 Å². The number of amides is 9. The lowest BCUT2D eigenvalue weighted by Gasteiger charge is -2.30. The highest BCUT2D eigenvalue weighted by Gasteiger charge is 2.47. The Morgan fingerprint density at radius 3 is 2.22 bits per heavy atom. The van der Waals surface area contributed by atoms with Crippen LogP contribution in [0, 0.1) is 5.92 Å². The molecule has 0 bridgehead atoms. The molecule has 1 aromatic carbocycles. The summed E-state index contributed by atoms with van der Waals surface area (Å²) in [5, 5.41) is 25.7. The maximum atomic E-state index is 13.8. The fraction of sp³-hybridized carbons (Fsp3) is 0.576. The van der Waals surface area contributed by atoms with Gasteiger partial charge in [-0.1, -0.05) is 44.2 Å². The average Bonchev–Trinajstić information content (AvgIpc) is 3.55. The van der Waals surface area contributed by atoms with E-state index in [2.05, 4.69) is 31.9 Å². The number of aliphatic hydroxyl groups is 1. The number of rotatable bonds is 7. The molecule has 6 atom stereocenters. The maximum absolute atomic E-state index is 13.8. The number of nitrogens with zero attached hydrogens (tertiary/aromatic N) is 2. The standard InChI is InChI=1S/C33H46N8O9/c1-17(2)11-22-28(46)38-23(16-42)30(48)40-14-20(35-26(44)15-41-32(50)39-31(49)33(41,4)5)12-24(40)29(47)34-18(3)27(45)37-21(13-25(43)36-22)19-9-7-6-8-10-19/h6-10,17-18,20-24,42H,11-16H2,1-5H3,(H,34,47)(H,35,44)(H,36,43)(H,37,45)(H,38,46)(H,39,49,50)/t18-,20-,21+,22-,23+,24-/m0/s1. The second-order valence-corrected chi connectivity index (χ2v) is 13.8. The summed E-state index contributed by atoms with van der Waals surface area (Å²) in [5.74, 6) is -4.73. The third-order valence-electron chi connectivity index (χ3n) is 9.07. The molecule has 3 fully saturated rings. The molecular formula is C33H46N8O9. The van der Waals surface area contributed by atoms with Crippen LogP contribution in [0.5, 0.6) is 0 Å². The van der Waals surface area contributed by atoms with Crippen LogP contribution in [0.3, 0.4) is 0 Å². The van der Waals surface area contributed by atoms with Gasteiger partial charge in [0.1, 0.15) is 36.3 Å². The molecule has 1 aromatic rings. The highest BCUT2D eigenvalue weighted by atomic mass is 16.3. The number of carbonyl (C=O) groups is 8. The second-order valence-electron chi connectivity index (χ2n) is 13.8. The molecule has 0 saturated carbocycles. The number of carbonyl (C=O) groups excluding carboxylic acids is 8. The summed E-state index contributed by atoms with van der Waals surface area (Å²) in [5.41, 5.74) is -0.669. The third kappa shape index (κ3) is 8.74. The fourth-order valence-electron chi connectivity index (χ4n) is 6.22. The molecule has 272 valence electrons. The van der Waals surface area contributed by atoms with Crippen molar-refractivity contribution >= 4 is 47.4 Å². The summed E-state index contributed by atoms with van der Waals surface area (Å²) in [6, 6.07) is 1.41. The summed E-state index contributed by atoms with van der Waals surface area (Å²) in [7, 11) is 0. The van der Waals surface area contributed by atoms with Crippen LogP contribution < -0.4 is 31.9 Å². The number of fused-ring (bicyclic) bond motifs is 1. The molecule has 0 spiro atoms. The molecule has 0 aliphatic carbocycles. The van der Waals surface area contributed by atoms with E-state index in [4.69, 9.17) is 0 Å². The number of imide groups is 1. The molecule has 4 rings (SSSR count). The van der Waals surface area contributed by atoms with Gasteiger partial charge in [-0.2, -0.15) is 0 Å². The van der Waals surface area contributed by atoms with E-state index >= 15 is 0 Å². The number of aliphatic hydroxyl groups excluding tert-OH is 1. The van der Waals surface area contributed by atoms with Crippen molar-refractivity contribution in [1.82, 2.24) is 41.7 Å². The number of nitrogens with one attached hydrogen (secondary N) is 6. The van der Waals surface area contributed by atoms with Crippen LogP contribution in [-0.4, -0.2) is 118 Å². The highest BCUT2D eigenvalue weighted by Crippen LogP contribution is 2.23. The van der Waals surface area contributed by atoms with Gasteiger partial charge in [0.2, 0.25) is 35.4 Å². The highest BCUT2D eigenvalue weighted by molar-refractivity contribution is 6.07. The van der Waals surface area contributed by atoms with Crippen molar-refractivity contribution in [3.63, 3.8) is 0 Å². The van der Waals surface area contributed by atoms with Crippen LogP contribution in [-0.2, 0) is 33.6 Å². The number of hydrogen-bond acceptors (Lipinski definition) is 9. The van der Waals surface area contributed by atoms with Crippen LogP contribution in [0.15, 0.2) is 30.3 Å². The van der Waals surface area contributed by atoms with Gasteiger partial charge >= 0.3 is 6.03 Å². The van der Waals surface area contributed by atoms with Crippen molar-refractivity contribution in [3.05, 3.63) is 35.9 Å².